The van der Waals surface area contributed by atoms with Gasteiger partial charge < -0.3 is 5.32 Å². The van der Waals surface area contributed by atoms with Crippen LogP contribution in [0.25, 0.3) is 16.7 Å². The molecule has 0 radical (unpaired) electrons. The van der Waals surface area contributed by atoms with Crippen molar-refractivity contribution in [3.63, 3.8) is 0 Å². The number of aryl methyl sites for hydroxylation is 1. The summed E-state index contributed by atoms with van der Waals surface area (Å²) >= 11 is 0. The summed E-state index contributed by atoms with van der Waals surface area (Å²) in [7, 11) is 0. The van der Waals surface area contributed by atoms with E-state index in [9.17, 15) is 9.65 Å². The van der Waals surface area contributed by atoms with Crippen LogP contribution in [0.5, 0.6) is 0 Å². The van der Waals surface area contributed by atoms with Crippen molar-refractivity contribution in [2.24, 2.45) is 0 Å². The van der Waals surface area contributed by atoms with Crippen LogP contribution in [0, 0.1) is 24.1 Å². The molecule has 0 bridgehead atoms. The van der Waals surface area contributed by atoms with Crippen molar-refractivity contribution < 1.29 is 4.39 Å². The van der Waals surface area contributed by atoms with Gasteiger partial charge >= 0.3 is 0 Å². The Balaban J connectivity index is 1.70. The second kappa shape index (κ2) is 6.84. The van der Waals surface area contributed by atoms with E-state index in [0.717, 1.165) is 11.1 Å². The molecule has 132 valence electrons. The normalized spacial score (nSPS) is 10.7. The number of hydrogen-bond donors (Lipinski definition) is 1. The lowest BCUT2D eigenvalue weighted by Gasteiger charge is -2.13. The fourth-order valence-electron chi connectivity index (χ4n) is 3.00. The fourth-order valence-corrected chi connectivity index (χ4v) is 3.00. The summed E-state index contributed by atoms with van der Waals surface area (Å²) in [5, 5.41) is 17.5. The van der Waals surface area contributed by atoms with Crippen LogP contribution >= 0.6 is 0 Å². The number of pyridine rings is 2. The molecule has 0 aliphatic carbocycles. The van der Waals surface area contributed by atoms with Gasteiger partial charge in [-0.1, -0.05) is 0 Å². The quantitative estimate of drug-likeness (QED) is 0.601. The van der Waals surface area contributed by atoms with Gasteiger partial charge in [0.1, 0.15) is 11.9 Å². The molecule has 4 aromatic rings. The Bertz CT molecular complexity index is 1160. The molecule has 0 atom stereocenters. The fraction of sp³-hybridized carbons (Fsp3) is 0.100. The summed E-state index contributed by atoms with van der Waals surface area (Å²) in [6.07, 6.45) is 6.71. The smallest absolute Gasteiger partial charge is 0.153 e. The summed E-state index contributed by atoms with van der Waals surface area (Å²) in [6, 6.07) is 10.6. The van der Waals surface area contributed by atoms with Gasteiger partial charge in [-0.05, 0) is 48.4 Å². The topological polar surface area (TPSA) is 79.4 Å². The molecule has 0 aliphatic heterocycles. The number of hydrogen-bond acceptors (Lipinski definition) is 5. The van der Waals surface area contributed by atoms with E-state index < -0.39 is 0 Å². The zero-order valence-corrected chi connectivity index (χ0v) is 14.5. The summed E-state index contributed by atoms with van der Waals surface area (Å²) in [5.41, 5.74) is 3.29. The minimum absolute atomic E-state index is 0.357. The third kappa shape index (κ3) is 3.20. The van der Waals surface area contributed by atoms with Crippen molar-refractivity contribution in [2.45, 2.75) is 13.5 Å². The summed E-state index contributed by atoms with van der Waals surface area (Å²) in [5.74, 6) is 0.339. The first-order valence-electron chi connectivity index (χ1n) is 8.33. The largest absolute Gasteiger partial charge is 0.379 e. The van der Waals surface area contributed by atoms with Crippen LogP contribution in [0.4, 0.5) is 10.1 Å². The van der Waals surface area contributed by atoms with E-state index in [0.29, 0.717) is 34.5 Å². The molecule has 0 amide bonds. The molecule has 0 saturated heterocycles. The molecule has 27 heavy (non-hydrogen) atoms. The number of fused-ring (bicyclic) bond motifs is 1. The number of rotatable bonds is 4. The Labute approximate surface area is 154 Å². The highest BCUT2D eigenvalue weighted by Gasteiger charge is 2.12. The van der Waals surface area contributed by atoms with Crippen molar-refractivity contribution in [1.29, 1.82) is 5.26 Å². The van der Waals surface area contributed by atoms with E-state index in [1.54, 1.807) is 24.0 Å². The molecule has 0 saturated carbocycles. The number of anilines is 1. The zero-order chi connectivity index (χ0) is 18.8. The minimum atomic E-state index is -0.357. The van der Waals surface area contributed by atoms with Gasteiger partial charge in [-0.15, -0.1) is 0 Å². The zero-order valence-electron chi connectivity index (χ0n) is 14.5. The van der Waals surface area contributed by atoms with E-state index in [1.807, 2.05) is 24.4 Å². The molecule has 0 spiro atoms. The van der Waals surface area contributed by atoms with Crippen molar-refractivity contribution in [3.05, 3.63) is 77.6 Å². The minimum Gasteiger partial charge on any atom is -0.379 e. The first kappa shape index (κ1) is 16.7. The van der Waals surface area contributed by atoms with Crippen molar-refractivity contribution in [3.8, 4) is 11.9 Å². The molecule has 1 N–H and O–H groups in total. The molecule has 1 aromatic carbocycles. The van der Waals surface area contributed by atoms with Crippen LogP contribution in [0.2, 0.25) is 0 Å². The lowest BCUT2D eigenvalue weighted by molar-refractivity contribution is 0.628. The van der Waals surface area contributed by atoms with Gasteiger partial charge in [0.2, 0.25) is 0 Å². The molecule has 0 fully saturated rings. The van der Waals surface area contributed by atoms with Gasteiger partial charge in [-0.25, -0.2) is 14.1 Å². The number of aromatic nitrogens is 4. The molecule has 0 unspecified atom stereocenters. The molecule has 6 nitrogen and oxygen atoms in total. The van der Waals surface area contributed by atoms with E-state index in [-0.39, 0.29) is 5.82 Å². The number of halogens is 1. The van der Waals surface area contributed by atoms with Gasteiger partial charge in [0, 0.05) is 36.7 Å². The third-order valence-electron chi connectivity index (χ3n) is 4.27. The van der Waals surface area contributed by atoms with Crippen LogP contribution in [-0.2, 0) is 6.54 Å². The highest BCUT2D eigenvalue weighted by atomic mass is 19.1. The number of benzene rings is 1. The molecule has 3 heterocycles. The van der Waals surface area contributed by atoms with E-state index in [4.69, 9.17) is 0 Å². The number of nitriles is 1. The summed E-state index contributed by atoms with van der Waals surface area (Å²) in [4.78, 5) is 8.61. The SMILES string of the molecule is Cc1cc(F)cc2c(NCc3ccnc(-n4cccn4)c3)c(C#N)cnc12. The standard InChI is InChI=1S/C20H15FN6/c1-13-7-16(21)9-17-19(13)25-12-15(10-22)20(17)24-11-14-3-5-23-18(8-14)27-6-2-4-26-27/h2-9,12H,11H2,1H3,(H,24,25). The average Bonchev–Trinajstić information content (AvgIpc) is 3.21. The number of nitrogens with one attached hydrogen (secondary N) is 1. The lowest BCUT2D eigenvalue weighted by Crippen LogP contribution is -2.05. The van der Waals surface area contributed by atoms with E-state index in [1.165, 1.54) is 18.3 Å². The van der Waals surface area contributed by atoms with E-state index in [2.05, 4.69) is 26.5 Å². The second-order valence-electron chi connectivity index (χ2n) is 6.10. The first-order valence-corrected chi connectivity index (χ1v) is 8.33. The maximum Gasteiger partial charge on any atom is 0.153 e. The Morgan fingerprint density at radius 2 is 2.11 bits per heavy atom. The Hall–Kier alpha value is -3.79. The number of nitrogens with zero attached hydrogens (tertiary/aromatic N) is 5. The van der Waals surface area contributed by atoms with Crippen LogP contribution in [0.15, 0.2) is 55.1 Å². The maximum absolute atomic E-state index is 13.9. The lowest BCUT2D eigenvalue weighted by atomic mass is 10.1. The predicted molar refractivity (Wildman–Crippen MR) is 99.8 cm³/mol. The van der Waals surface area contributed by atoms with Gasteiger partial charge in [0.15, 0.2) is 5.82 Å². The second-order valence-corrected chi connectivity index (χ2v) is 6.10. The van der Waals surface area contributed by atoms with Crippen molar-refractivity contribution in [1.82, 2.24) is 19.7 Å². The van der Waals surface area contributed by atoms with Gasteiger partial charge in [0.25, 0.3) is 0 Å². The molecular formula is C20H15FN6. The average molecular weight is 358 g/mol. The van der Waals surface area contributed by atoms with Crippen LogP contribution in [0.3, 0.4) is 0 Å². The molecule has 0 aliphatic rings. The monoisotopic (exact) mass is 358 g/mol. The van der Waals surface area contributed by atoms with Crippen LogP contribution < -0.4 is 5.32 Å². The van der Waals surface area contributed by atoms with Crippen LogP contribution in [-0.4, -0.2) is 19.7 Å². The molecule has 4 rings (SSSR count). The predicted octanol–water partition coefficient (Wildman–Crippen LogP) is 3.75. The Kier molecular flexibility index (Phi) is 4.22. The maximum atomic E-state index is 13.9. The Morgan fingerprint density at radius 3 is 2.89 bits per heavy atom. The summed E-state index contributed by atoms with van der Waals surface area (Å²) in [6.45, 7) is 2.24. The third-order valence-corrected chi connectivity index (χ3v) is 4.27. The van der Waals surface area contributed by atoms with Gasteiger partial charge in [-0.3, -0.25) is 4.98 Å². The molecular weight excluding hydrogens is 343 g/mol. The first-order chi connectivity index (χ1) is 13.2. The molecule has 3 aromatic heterocycles. The molecule has 7 heteroatoms. The van der Waals surface area contributed by atoms with Crippen molar-refractivity contribution >= 4 is 16.6 Å². The summed E-state index contributed by atoms with van der Waals surface area (Å²) < 4.78 is 15.6. The van der Waals surface area contributed by atoms with Gasteiger partial charge in [0.05, 0.1) is 16.8 Å². The van der Waals surface area contributed by atoms with Crippen molar-refractivity contribution in [2.75, 3.05) is 5.32 Å². The highest BCUT2D eigenvalue weighted by Crippen LogP contribution is 2.29. The highest BCUT2D eigenvalue weighted by molar-refractivity contribution is 5.95. The van der Waals surface area contributed by atoms with E-state index >= 15 is 0 Å². The Morgan fingerprint density at radius 1 is 1.22 bits per heavy atom. The van der Waals surface area contributed by atoms with Gasteiger partial charge in [-0.2, -0.15) is 10.4 Å². The van der Waals surface area contributed by atoms with Crippen LogP contribution in [0.1, 0.15) is 16.7 Å².